The molecule has 0 atom stereocenters. The van der Waals surface area contributed by atoms with Gasteiger partial charge in [-0.15, -0.1) is 16.8 Å². The van der Waals surface area contributed by atoms with Gasteiger partial charge in [-0.3, -0.25) is 14.5 Å². The van der Waals surface area contributed by atoms with Crippen LogP contribution in [0.25, 0.3) is 22.8 Å². The number of aromatic nitrogens is 7. The summed E-state index contributed by atoms with van der Waals surface area (Å²) >= 11 is 1.65. The van der Waals surface area contributed by atoms with E-state index in [4.69, 9.17) is 4.52 Å². The minimum absolute atomic E-state index is 0.586. The smallest absolute Gasteiger partial charge is 0.226 e. The Morgan fingerprint density at radius 2 is 1.72 bits per heavy atom. The summed E-state index contributed by atoms with van der Waals surface area (Å²) in [6, 6.07) is 7.57. The number of hydrogen-bond donors (Lipinski definition) is 0. The average molecular weight is 405 g/mol. The molecule has 9 heteroatoms. The van der Waals surface area contributed by atoms with Crippen LogP contribution in [0.5, 0.6) is 0 Å². The third kappa shape index (κ3) is 4.57. The van der Waals surface area contributed by atoms with Gasteiger partial charge in [0.25, 0.3) is 0 Å². The van der Waals surface area contributed by atoms with Gasteiger partial charge in [0.1, 0.15) is 0 Å². The Morgan fingerprint density at radius 1 is 1.00 bits per heavy atom. The fourth-order valence-corrected chi connectivity index (χ4v) is 3.65. The summed E-state index contributed by atoms with van der Waals surface area (Å²) in [7, 11) is 0. The first-order valence-electron chi connectivity index (χ1n) is 9.15. The summed E-state index contributed by atoms with van der Waals surface area (Å²) in [5.41, 5.74) is 1.88. The second-order valence-corrected chi connectivity index (χ2v) is 7.20. The van der Waals surface area contributed by atoms with Crippen molar-refractivity contribution >= 4 is 11.8 Å². The quantitative estimate of drug-likeness (QED) is 0.236. The maximum Gasteiger partial charge on any atom is 0.226 e. The van der Waals surface area contributed by atoms with Crippen molar-refractivity contribution in [1.29, 1.82) is 0 Å². The second-order valence-electron chi connectivity index (χ2n) is 6.14. The molecule has 0 unspecified atom stereocenters. The molecular weight excluding hydrogens is 386 g/mol. The molecule has 0 amide bonds. The molecule has 146 valence electrons. The Morgan fingerprint density at radius 3 is 2.45 bits per heavy atom. The van der Waals surface area contributed by atoms with E-state index < -0.39 is 0 Å². The zero-order valence-electron chi connectivity index (χ0n) is 15.7. The number of rotatable bonds is 9. The van der Waals surface area contributed by atoms with Gasteiger partial charge in [0.05, 0.1) is 0 Å². The molecule has 0 aromatic carbocycles. The number of hydrogen-bond acceptors (Lipinski definition) is 8. The Hall–Kier alpha value is -3.33. The van der Waals surface area contributed by atoms with Crippen LogP contribution in [0, 0.1) is 0 Å². The first-order chi connectivity index (χ1) is 14.3. The first kappa shape index (κ1) is 19.0. The molecule has 0 N–H and O–H groups in total. The van der Waals surface area contributed by atoms with Crippen molar-refractivity contribution in [2.24, 2.45) is 0 Å². The molecule has 0 saturated heterocycles. The highest BCUT2D eigenvalue weighted by Gasteiger charge is 2.14. The summed E-state index contributed by atoms with van der Waals surface area (Å²) in [5.74, 6) is 2.89. The van der Waals surface area contributed by atoms with Gasteiger partial charge in [-0.2, -0.15) is 4.98 Å². The fraction of sp³-hybridized carbons (Fsp3) is 0.200. The fourth-order valence-electron chi connectivity index (χ4n) is 2.77. The highest BCUT2D eigenvalue weighted by Crippen LogP contribution is 2.24. The first-order valence-corrected chi connectivity index (χ1v) is 10.1. The Balaban J connectivity index is 1.36. The third-order valence-electron chi connectivity index (χ3n) is 4.14. The predicted octanol–water partition coefficient (Wildman–Crippen LogP) is 3.70. The molecule has 0 bridgehead atoms. The van der Waals surface area contributed by atoms with Crippen LogP contribution >= 0.6 is 11.8 Å². The van der Waals surface area contributed by atoms with E-state index in [0.717, 1.165) is 34.3 Å². The molecule has 0 aliphatic carbocycles. The predicted molar refractivity (Wildman–Crippen MR) is 110 cm³/mol. The molecule has 0 aliphatic rings. The molecular formula is C20H19N7OS. The topological polar surface area (TPSA) is 95.4 Å². The standard InChI is InChI=1S/C20H19N7OS/c1-2-13-27-19(16-7-11-22-12-8-16)24-25-20(27)29-14-3-4-17-23-18(26-28-17)15-5-9-21-10-6-15/h2,5-12H,1,3-4,13-14H2. The molecule has 4 heterocycles. The van der Waals surface area contributed by atoms with Gasteiger partial charge in [0.15, 0.2) is 11.0 Å². The second kappa shape index (κ2) is 9.24. The molecule has 0 spiro atoms. The Bertz CT molecular complexity index is 1060. The van der Waals surface area contributed by atoms with Crippen molar-refractivity contribution in [1.82, 2.24) is 34.9 Å². The average Bonchev–Trinajstić information content (AvgIpc) is 3.40. The third-order valence-corrected chi connectivity index (χ3v) is 5.19. The maximum atomic E-state index is 5.35. The molecule has 0 radical (unpaired) electrons. The highest BCUT2D eigenvalue weighted by atomic mass is 32.2. The van der Waals surface area contributed by atoms with Gasteiger partial charge in [-0.25, -0.2) is 0 Å². The molecule has 4 aromatic heterocycles. The Labute approximate surface area is 172 Å². The number of nitrogens with zero attached hydrogens (tertiary/aromatic N) is 7. The van der Waals surface area contributed by atoms with Gasteiger partial charge in [0, 0.05) is 54.6 Å². The lowest BCUT2D eigenvalue weighted by Crippen LogP contribution is -2.01. The van der Waals surface area contributed by atoms with E-state index in [1.165, 1.54) is 0 Å². The van der Waals surface area contributed by atoms with Crippen LogP contribution in [0.15, 0.2) is 71.4 Å². The molecule has 4 aromatic rings. The molecule has 0 aliphatic heterocycles. The monoisotopic (exact) mass is 405 g/mol. The van der Waals surface area contributed by atoms with Gasteiger partial charge in [-0.1, -0.05) is 23.0 Å². The van der Waals surface area contributed by atoms with Crippen LogP contribution in [-0.4, -0.2) is 40.6 Å². The molecule has 0 fully saturated rings. The molecule has 8 nitrogen and oxygen atoms in total. The summed E-state index contributed by atoms with van der Waals surface area (Å²) < 4.78 is 7.41. The van der Waals surface area contributed by atoms with Gasteiger partial charge >= 0.3 is 0 Å². The van der Waals surface area contributed by atoms with E-state index in [-0.39, 0.29) is 0 Å². The maximum absolute atomic E-state index is 5.35. The Kier molecular flexibility index (Phi) is 6.06. The zero-order chi connectivity index (χ0) is 19.9. The van der Waals surface area contributed by atoms with Crippen LogP contribution in [0.2, 0.25) is 0 Å². The summed E-state index contributed by atoms with van der Waals surface area (Å²) in [6.45, 7) is 4.49. The van der Waals surface area contributed by atoms with Gasteiger partial charge in [-0.05, 0) is 30.7 Å². The van der Waals surface area contributed by atoms with E-state index in [1.54, 1.807) is 36.5 Å². The molecule has 29 heavy (non-hydrogen) atoms. The van der Waals surface area contributed by atoms with E-state index in [1.807, 2.05) is 30.3 Å². The van der Waals surface area contributed by atoms with Crippen LogP contribution in [0.4, 0.5) is 0 Å². The molecule has 4 rings (SSSR count). The highest BCUT2D eigenvalue weighted by molar-refractivity contribution is 7.99. The minimum atomic E-state index is 0.586. The van der Waals surface area contributed by atoms with Gasteiger partial charge in [0.2, 0.25) is 11.7 Å². The van der Waals surface area contributed by atoms with Crippen molar-refractivity contribution in [2.75, 3.05) is 5.75 Å². The lowest BCUT2D eigenvalue weighted by molar-refractivity contribution is 0.378. The van der Waals surface area contributed by atoms with Crippen molar-refractivity contribution in [2.45, 2.75) is 24.5 Å². The van der Waals surface area contributed by atoms with E-state index in [2.05, 4.69) is 41.5 Å². The minimum Gasteiger partial charge on any atom is -0.339 e. The number of allylic oxidation sites excluding steroid dienone is 1. The van der Waals surface area contributed by atoms with Crippen LogP contribution in [-0.2, 0) is 13.0 Å². The largest absolute Gasteiger partial charge is 0.339 e. The summed E-state index contributed by atoms with van der Waals surface area (Å²) in [6.07, 6.45) is 10.4. The number of thioether (sulfide) groups is 1. The zero-order valence-corrected chi connectivity index (χ0v) is 16.5. The summed E-state index contributed by atoms with van der Waals surface area (Å²) in [4.78, 5) is 12.5. The lowest BCUT2D eigenvalue weighted by atomic mass is 10.2. The van der Waals surface area contributed by atoms with Crippen LogP contribution in [0.3, 0.4) is 0 Å². The normalized spacial score (nSPS) is 10.9. The summed E-state index contributed by atoms with van der Waals surface area (Å²) in [5, 5.41) is 13.6. The van der Waals surface area contributed by atoms with E-state index in [0.29, 0.717) is 24.7 Å². The van der Waals surface area contributed by atoms with E-state index >= 15 is 0 Å². The SMILES string of the molecule is C=CCn1c(SCCCc2nc(-c3ccncc3)no2)nnc1-c1ccncc1. The van der Waals surface area contributed by atoms with Crippen molar-refractivity contribution < 1.29 is 4.52 Å². The van der Waals surface area contributed by atoms with Gasteiger partial charge < -0.3 is 4.52 Å². The lowest BCUT2D eigenvalue weighted by Gasteiger charge is -2.07. The molecule has 0 saturated carbocycles. The van der Waals surface area contributed by atoms with Crippen LogP contribution in [0.1, 0.15) is 12.3 Å². The number of pyridine rings is 2. The van der Waals surface area contributed by atoms with Crippen molar-refractivity contribution in [3.05, 3.63) is 67.6 Å². The van der Waals surface area contributed by atoms with Crippen molar-refractivity contribution in [3.8, 4) is 22.8 Å². The van der Waals surface area contributed by atoms with Crippen LogP contribution < -0.4 is 0 Å². The van der Waals surface area contributed by atoms with E-state index in [9.17, 15) is 0 Å². The van der Waals surface area contributed by atoms with Crippen molar-refractivity contribution in [3.63, 3.8) is 0 Å². The number of aryl methyl sites for hydroxylation is 1.